The highest BCUT2D eigenvalue weighted by atomic mass is 16.7. The third-order valence-corrected chi connectivity index (χ3v) is 16.4. The van der Waals surface area contributed by atoms with Crippen molar-refractivity contribution in [1.29, 1.82) is 0 Å². The Morgan fingerprint density at radius 1 is 0.762 bits per heavy atom. The molecule has 0 saturated carbocycles. The molecule has 3 amide bonds. The van der Waals surface area contributed by atoms with E-state index in [9.17, 15) is 15.2 Å². The van der Waals surface area contributed by atoms with Gasteiger partial charge in [-0.25, -0.2) is 14.4 Å². The maximum Gasteiger partial charge on any atom is 0.421 e. The van der Waals surface area contributed by atoms with E-state index in [0.717, 1.165) is 16.0 Å². The number of non-ortho nitro benzene ring substituents is 1. The molecular weight excluding hydrogens is 1070 g/mol. The number of para-hydroxylation sites is 1. The number of amides is 3. The number of piperazine rings is 1. The van der Waals surface area contributed by atoms with Gasteiger partial charge in [-0.3, -0.25) is 34.3 Å². The highest BCUT2D eigenvalue weighted by molar-refractivity contribution is 6.23. The monoisotopic (exact) mass is 1130 g/mol. The summed E-state index contributed by atoms with van der Waals surface area (Å²) in [6.07, 6.45) is -2.08. The average molecular weight is 1130 g/mol. The number of carbonyl (C=O) groups excluding carboxylic acids is 4. The number of nitro benzene ring substituents is 1. The number of imide groups is 1. The predicted octanol–water partition coefficient (Wildman–Crippen LogP) is 7.84. The number of ether oxygens (including phenoxy) is 5. The number of carbonyl (C=O) groups is 4. The van der Waals surface area contributed by atoms with Crippen LogP contribution in [-0.4, -0.2) is 116 Å². The van der Waals surface area contributed by atoms with Gasteiger partial charge in [0.1, 0.15) is 48.6 Å². The van der Waals surface area contributed by atoms with Crippen LogP contribution in [-0.2, 0) is 49.0 Å². The molecule has 1 aromatic heterocycles. The van der Waals surface area contributed by atoms with Crippen LogP contribution in [0.4, 0.5) is 16.2 Å². The molecule has 20 heteroatoms. The molecule has 0 bridgehead atoms. The van der Waals surface area contributed by atoms with Crippen LogP contribution in [0.3, 0.4) is 0 Å². The van der Waals surface area contributed by atoms with Crippen molar-refractivity contribution in [2.24, 2.45) is 5.92 Å². The van der Waals surface area contributed by atoms with Gasteiger partial charge in [-0.1, -0.05) is 108 Å². The fraction of sp³-hybridized carbons (Fsp3) is 0.250. The fourth-order valence-electron chi connectivity index (χ4n) is 12.7. The lowest BCUT2D eigenvalue weighted by Gasteiger charge is -2.46. The Morgan fingerprint density at radius 2 is 1.49 bits per heavy atom. The standard InChI is InChI=1S/C64H54N8O12/c73-33-34-80-48-17-9-16-46(37-48)59-64(49-35-41(11-10-28-69-52-19-8-7-18-50(52)65-66-69)22-26-51(49)70(62(64)76)63(77)81-39-42-20-24-47(25-21-42)72(78)79)55(60(74)68-31-29-67(30-32-68)38-43-23-27-53-54(36-43)83-40-82-53)57-61(75)84-58(45-14-5-2-6-15-45)56(71(57)59)44-12-3-1-4-13-44/h1-9,12-27,35-37,55-59,73H,28-34,38-40H2. The number of aliphatic hydroxyl groups excluding tert-OH is 1. The molecule has 8 aromatic rings. The number of aromatic nitrogens is 3. The third kappa shape index (κ3) is 9.56. The van der Waals surface area contributed by atoms with Gasteiger partial charge >= 0.3 is 12.1 Å². The first-order chi connectivity index (χ1) is 41.1. The van der Waals surface area contributed by atoms with E-state index in [0.29, 0.717) is 70.2 Å². The third-order valence-electron chi connectivity index (χ3n) is 16.4. The van der Waals surface area contributed by atoms with Gasteiger partial charge in [0.2, 0.25) is 18.6 Å². The van der Waals surface area contributed by atoms with Gasteiger partial charge in [-0.2, -0.15) is 0 Å². The largest absolute Gasteiger partial charge is 0.491 e. The van der Waals surface area contributed by atoms with Crippen molar-refractivity contribution in [1.82, 2.24) is 29.7 Å². The second-order valence-corrected chi connectivity index (χ2v) is 21.1. The highest BCUT2D eigenvalue weighted by Gasteiger charge is 2.76. The molecule has 3 fully saturated rings. The molecule has 0 radical (unpaired) electrons. The molecule has 3 saturated heterocycles. The molecule has 20 nitrogen and oxygen atoms in total. The van der Waals surface area contributed by atoms with E-state index in [1.165, 1.54) is 24.3 Å². The number of rotatable bonds is 13. The molecule has 1 spiro atoms. The Kier molecular flexibility index (Phi) is 14.3. The molecule has 7 aromatic carbocycles. The predicted molar refractivity (Wildman–Crippen MR) is 303 cm³/mol. The zero-order valence-electron chi connectivity index (χ0n) is 45.1. The number of nitrogens with zero attached hydrogens (tertiary/aromatic N) is 8. The van der Waals surface area contributed by atoms with E-state index >= 15 is 19.2 Å². The SMILES string of the molecule is O=C1OC(c2ccccc2)C(c2ccccc2)N2C1C(C(=O)N1CCN(Cc3ccc4c(c3)OCO4)CC1)C1(C(=O)N(C(=O)OCc3ccc([N+](=O)[O-])cc3)c3ccc(C#CCn4nnc5ccccc54)cc31)C2c1cccc(OCCO)c1. The summed E-state index contributed by atoms with van der Waals surface area (Å²) in [6.45, 7) is 1.37. The Hall–Kier alpha value is -9.94. The van der Waals surface area contributed by atoms with Crippen LogP contribution >= 0.6 is 0 Å². The Labute approximate surface area is 481 Å². The van der Waals surface area contributed by atoms with Crippen LogP contribution in [0.2, 0.25) is 0 Å². The summed E-state index contributed by atoms with van der Waals surface area (Å²) < 4.78 is 31.7. The van der Waals surface area contributed by atoms with E-state index < -0.39 is 64.4 Å². The van der Waals surface area contributed by atoms with Gasteiger partial charge in [0.15, 0.2) is 11.5 Å². The number of morpholine rings is 1. The number of cyclic esters (lactones) is 1. The quantitative estimate of drug-likeness (QED) is 0.0503. The number of esters is 1. The zero-order valence-corrected chi connectivity index (χ0v) is 45.1. The maximum atomic E-state index is 17.0. The van der Waals surface area contributed by atoms with E-state index in [1.54, 1.807) is 46.0 Å². The minimum Gasteiger partial charge on any atom is -0.491 e. The number of aliphatic hydroxyl groups is 1. The summed E-state index contributed by atoms with van der Waals surface area (Å²) in [5.74, 6) is 4.46. The van der Waals surface area contributed by atoms with Crippen molar-refractivity contribution >= 4 is 46.3 Å². The Bertz CT molecular complexity index is 3920. The first-order valence-corrected chi connectivity index (χ1v) is 27.6. The van der Waals surface area contributed by atoms with Crippen LogP contribution in [0.15, 0.2) is 170 Å². The molecule has 6 atom stereocenters. The molecule has 84 heavy (non-hydrogen) atoms. The summed E-state index contributed by atoms with van der Waals surface area (Å²) in [6, 6.07) is 46.0. The van der Waals surface area contributed by atoms with Crippen LogP contribution in [0.5, 0.6) is 17.2 Å². The summed E-state index contributed by atoms with van der Waals surface area (Å²) in [5, 5.41) is 30.2. The minimum atomic E-state index is -2.15. The smallest absolute Gasteiger partial charge is 0.421 e. The summed E-state index contributed by atoms with van der Waals surface area (Å²) in [7, 11) is 0. The molecule has 6 heterocycles. The van der Waals surface area contributed by atoms with E-state index in [2.05, 4.69) is 27.1 Å². The van der Waals surface area contributed by atoms with Crippen LogP contribution in [0, 0.1) is 27.9 Å². The van der Waals surface area contributed by atoms with Crippen molar-refractivity contribution in [2.45, 2.75) is 49.3 Å². The van der Waals surface area contributed by atoms with Crippen LogP contribution in [0.1, 0.15) is 57.1 Å². The van der Waals surface area contributed by atoms with Gasteiger partial charge in [0.05, 0.1) is 40.7 Å². The molecule has 5 aliphatic rings. The average Bonchev–Trinajstić information content (AvgIpc) is 1.58. The fourth-order valence-corrected chi connectivity index (χ4v) is 12.7. The van der Waals surface area contributed by atoms with Crippen LogP contribution in [0.25, 0.3) is 11.0 Å². The lowest BCUT2D eigenvalue weighted by Crippen LogP contribution is -2.59. The summed E-state index contributed by atoms with van der Waals surface area (Å²) in [5.41, 5.74) is 3.11. The lowest BCUT2D eigenvalue weighted by atomic mass is 9.64. The number of nitro groups is 1. The van der Waals surface area contributed by atoms with Crippen molar-refractivity contribution < 1.29 is 52.9 Å². The van der Waals surface area contributed by atoms with E-state index in [1.807, 2.05) is 114 Å². The molecule has 1 N–H and O–H groups in total. The van der Waals surface area contributed by atoms with Crippen molar-refractivity contribution in [3.05, 3.63) is 219 Å². The molecular formula is C64H54N8O12. The molecule has 422 valence electrons. The first kappa shape index (κ1) is 53.4. The van der Waals surface area contributed by atoms with Gasteiger partial charge < -0.3 is 33.7 Å². The first-order valence-electron chi connectivity index (χ1n) is 27.6. The molecule has 13 rings (SSSR count). The zero-order chi connectivity index (χ0) is 57.5. The summed E-state index contributed by atoms with van der Waals surface area (Å²) >= 11 is 0. The number of fused-ring (bicyclic) bond motifs is 5. The topological polar surface area (TPSA) is 221 Å². The van der Waals surface area contributed by atoms with Gasteiger partial charge in [0.25, 0.3) is 5.69 Å². The highest BCUT2D eigenvalue weighted by Crippen LogP contribution is 2.66. The normalized spacial score (nSPS) is 21.6. The Morgan fingerprint density at radius 3 is 2.26 bits per heavy atom. The number of benzene rings is 7. The Balaban J connectivity index is 0.998. The second-order valence-electron chi connectivity index (χ2n) is 21.1. The van der Waals surface area contributed by atoms with Gasteiger partial charge in [-0.05, 0) is 100 Å². The molecule has 0 aliphatic carbocycles. The van der Waals surface area contributed by atoms with Crippen molar-refractivity contribution in [3.8, 4) is 29.1 Å². The number of anilines is 1. The van der Waals surface area contributed by atoms with E-state index in [4.69, 9.17) is 23.7 Å². The van der Waals surface area contributed by atoms with Gasteiger partial charge in [0, 0.05) is 50.4 Å². The number of hydrogen-bond acceptors (Lipinski definition) is 16. The van der Waals surface area contributed by atoms with Gasteiger partial charge in [-0.15, -0.1) is 5.10 Å². The van der Waals surface area contributed by atoms with Crippen molar-refractivity contribution in [2.75, 3.05) is 51.1 Å². The second kappa shape index (κ2) is 22.4. The summed E-state index contributed by atoms with van der Waals surface area (Å²) in [4.78, 5) is 82.6. The number of hydrogen-bond donors (Lipinski definition) is 1. The van der Waals surface area contributed by atoms with Crippen molar-refractivity contribution in [3.63, 3.8) is 0 Å². The minimum absolute atomic E-state index is 0.0645. The van der Waals surface area contributed by atoms with E-state index in [-0.39, 0.29) is 63.2 Å². The molecule has 5 aliphatic heterocycles. The maximum absolute atomic E-state index is 17.0. The van der Waals surface area contributed by atoms with Crippen LogP contribution < -0.4 is 19.1 Å². The molecule has 6 unspecified atom stereocenters. The lowest BCUT2D eigenvalue weighted by molar-refractivity contribution is -0.384.